The first-order chi connectivity index (χ1) is 16.0. The zero-order valence-electron chi connectivity index (χ0n) is 18.6. The fourth-order valence-corrected chi connectivity index (χ4v) is 5.00. The number of fused-ring (bicyclic) bond motifs is 3. The van der Waals surface area contributed by atoms with Crippen molar-refractivity contribution in [3.05, 3.63) is 59.7 Å². The SMILES string of the molecule is O=C(O)CCCNC(=O)C1(NC(=O)OCC2c3ccccc3-c3ccccc32)CCCCC1. The Hall–Kier alpha value is -3.35. The molecule has 2 amide bonds. The second kappa shape index (κ2) is 10.1. The Kier molecular flexibility index (Phi) is 6.96. The fraction of sp³-hybridized carbons (Fsp3) is 0.423. The standard InChI is InChI=1S/C26H30N2O5/c29-23(30)13-8-16-27-24(31)26(14-6-1-7-15-26)28-25(32)33-17-22-20-11-4-2-9-18(20)19-10-3-5-12-21(19)22/h2-5,9-12,22H,1,6-8,13-17H2,(H,27,31)(H,28,32)(H,29,30). The first-order valence-corrected chi connectivity index (χ1v) is 11.6. The summed E-state index contributed by atoms with van der Waals surface area (Å²) < 4.78 is 5.67. The highest BCUT2D eigenvalue weighted by atomic mass is 16.5. The summed E-state index contributed by atoms with van der Waals surface area (Å²) in [7, 11) is 0. The Bertz CT molecular complexity index is 983. The first-order valence-electron chi connectivity index (χ1n) is 11.6. The van der Waals surface area contributed by atoms with Crippen molar-refractivity contribution in [3.8, 4) is 11.1 Å². The molecule has 2 aliphatic carbocycles. The minimum absolute atomic E-state index is 0.00686. The zero-order valence-corrected chi connectivity index (χ0v) is 18.6. The molecule has 7 nitrogen and oxygen atoms in total. The van der Waals surface area contributed by atoms with E-state index < -0.39 is 17.6 Å². The molecule has 0 saturated heterocycles. The number of amides is 2. The number of aliphatic carboxylic acids is 1. The van der Waals surface area contributed by atoms with Gasteiger partial charge in [0.1, 0.15) is 12.1 Å². The van der Waals surface area contributed by atoms with Crippen LogP contribution in [-0.4, -0.2) is 41.8 Å². The van der Waals surface area contributed by atoms with Crippen LogP contribution in [-0.2, 0) is 14.3 Å². The molecule has 3 N–H and O–H groups in total. The van der Waals surface area contributed by atoms with Crippen molar-refractivity contribution < 1.29 is 24.2 Å². The van der Waals surface area contributed by atoms with Crippen molar-refractivity contribution in [2.75, 3.05) is 13.2 Å². The highest BCUT2D eigenvalue weighted by Gasteiger charge is 2.41. The average Bonchev–Trinajstić information content (AvgIpc) is 3.14. The molecule has 0 bridgehead atoms. The third kappa shape index (κ3) is 5.02. The average molecular weight is 451 g/mol. The highest BCUT2D eigenvalue weighted by molar-refractivity contribution is 5.90. The number of hydrogen-bond donors (Lipinski definition) is 3. The van der Waals surface area contributed by atoms with Crippen LogP contribution in [0.2, 0.25) is 0 Å². The van der Waals surface area contributed by atoms with E-state index in [-0.39, 0.29) is 31.4 Å². The normalized spacial score (nSPS) is 16.4. The van der Waals surface area contributed by atoms with Gasteiger partial charge in [-0.05, 0) is 41.5 Å². The van der Waals surface area contributed by atoms with Crippen molar-refractivity contribution in [1.29, 1.82) is 0 Å². The largest absolute Gasteiger partial charge is 0.481 e. The second-order valence-electron chi connectivity index (χ2n) is 8.85. The van der Waals surface area contributed by atoms with Gasteiger partial charge in [-0.3, -0.25) is 9.59 Å². The molecule has 2 aromatic carbocycles. The van der Waals surface area contributed by atoms with E-state index in [1.807, 2.05) is 24.3 Å². The molecular weight excluding hydrogens is 420 g/mol. The van der Waals surface area contributed by atoms with Crippen molar-refractivity contribution in [2.45, 2.75) is 56.4 Å². The summed E-state index contributed by atoms with van der Waals surface area (Å²) in [5.74, 6) is -1.20. The zero-order chi connectivity index (χ0) is 23.3. The number of hydrogen-bond acceptors (Lipinski definition) is 4. The van der Waals surface area contributed by atoms with Gasteiger partial charge in [-0.25, -0.2) is 4.79 Å². The van der Waals surface area contributed by atoms with Crippen molar-refractivity contribution in [3.63, 3.8) is 0 Å². The summed E-state index contributed by atoms with van der Waals surface area (Å²) in [6, 6.07) is 16.3. The summed E-state index contributed by atoms with van der Waals surface area (Å²) in [6.45, 7) is 0.454. The summed E-state index contributed by atoms with van der Waals surface area (Å²) in [5.41, 5.74) is 3.58. The topological polar surface area (TPSA) is 105 Å². The van der Waals surface area contributed by atoms with Crippen molar-refractivity contribution in [2.24, 2.45) is 0 Å². The van der Waals surface area contributed by atoms with E-state index in [1.54, 1.807) is 0 Å². The van der Waals surface area contributed by atoms with Crippen LogP contribution < -0.4 is 10.6 Å². The van der Waals surface area contributed by atoms with Crippen LogP contribution >= 0.6 is 0 Å². The fourth-order valence-electron chi connectivity index (χ4n) is 5.00. The summed E-state index contributed by atoms with van der Waals surface area (Å²) >= 11 is 0. The van der Waals surface area contributed by atoms with Crippen LogP contribution in [0.15, 0.2) is 48.5 Å². The number of carbonyl (C=O) groups excluding carboxylic acids is 2. The molecule has 1 fully saturated rings. The van der Waals surface area contributed by atoms with Crippen LogP contribution in [0.5, 0.6) is 0 Å². The summed E-state index contributed by atoms with van der Waals surface area (Å²) in [5, 5.41) is 14.5. The van der Waals surface area contributed by atoms with Crippen LogP contribution in [0.1, 0.15) is 62.0 Å². The maximum atomic E-state index is 13.0. The lowest BCUT2D eigenvalue weighted by Gasteiger charge is -2.36. The Balaban J connectivity index is 1.40. The molecule has 0 aliphatic heterocycles. The number of benzene rings is 2. The number of carbonyl (C=O) groups is 3. The van der Waals surface area contributed by atoms with Gasteiger partial charge >= 0.3 is 12.1 Å². The molecule has 7 heteroatoms. The quantitative estimate of drug-likeness (QED) is 0.523. The monoisotopic (exact) mass is 450 g/mol. The molecule has 4 rings (SSSR count). The van der Waals surface area contributed by atoms with Gasteiger partial charge in [0, 0.05) is 18.9 Å². The lowest BCUT2D eigenvalue weighted by atomic mass is 9.81. The molecule has 0 atom stereocenters. The molecule has 0 aromatic heterocycles. The number of rotatable bonds is 8. The van der Waals surface area contributed by atoms with Crippen LogP contribution in [0.4, 0.5) is 4.79 Å². The molecule has 2 aromatic rings. The van der Waals surface area contributed by atoms with E-state index in [0.717, 1.165) is 41.5 Å². The van der Waals surface area contributed by atoms with Gasteiger partial charge in [0.15, 0.2) is 0 Å². The Morgan fingerprint density at radius 2 is 1.55 bits per heavy atom. The van der Waals surface area contributed by atoms with E-state index in [9.17, 15) is 14.4 Å². The molecule has 2 aliphatic rings. The second-order valence-corrected chi connectivity index (χ2v) is 8.85. The summed E-state index contributed by atoms with van der Waals surface area (Å²) in [4.78, 5) is 36.5. The van der Waals surface area contributed by atoms with Gasteiger partial charge < -0.3 is 20.5 Å². The van der Waals surface area contributed by atoms with Gasteiger partial charge in [0.25, 0.3) is 0 Å². The summed E-state index contributed by atoms with van der Waals surface area (Å²) in [6.07, 6.45) is 3.53. The van der Waals surface area contributed by atoms with E-state index >= 15 is 0 Å². The van der Waals surface area contributed by atoms with Gasteiger partial charge in [0.2, 0.25) is 5.91 Å². The van der Waals surface area contributed by atoms with E-state index in [4.69, 9.17) is 9.84 Å². The molecule has 0 spiro atoms. The Morgan fingerprint density at radius 1 is 0.939 bits per heavy atom. The van der Waals surface area contributed by atoms with Crippen LogP contribution in [0.25, 0.3) is 11.1 Å². The molecule has 1 saturated carbocycles. The van der Waals surface area contributed by atoms with Gasteiger partial charge in [-0.15, -0.1) is 0 Å². The lowest BCUT2D eigenvalue weighted by Crippen LogP contribution is -2.60. The maximum absolute atomic E-state index is 13.0. The van der Waals surface area contributed by atoms with Crippen molar-refractivity contribution in [1.82, 2.24) is 10.6 Å². The minimum atomic E-state index is -1.01. The first kappa shape index (κ1) is 22.8. The van der Waals surface area contributed by atoms with E-state index in [2.05, 4.69) is 34.9 Å². The third-order valence-electron chi connectivity index (χ3n) is 6.68. The molecule has 174 valence electrons. The van der Waals surface area contributed by atoms with Crippen molar-refractivity contribution >= 4 is 18.0 Å². The minimum Gasteiger partial charge on any atom is -0.481 e. The number of nitrogens with one attached hydrogen (secondary N) is 2. The predicted molar refractivity (Wildman–Crippen MR) is 124 cm³/mol. The maximum Gasteiger partial charge on any atom is 0.408 e. The van der Waals surface area contributed by atoms with Gasteiger partial charge in [-0.1, -0.05) is 67.8 Å². The number of ether oxygens (including phenoxy) is 1. The molecule has 33 heavy (non-hydrogen) atoms. The Labute approximate surface area is 193 Å². The van der Waals surface area contributed by atoms with Gasteiger partial charge in [0.05, 0.1) is 0 Å². The number of carboxylic acid groups (broad SMARTS) is 1. The highest BCUT2D eigenvalue weighted by Crippen LogP contribution is 2.44. The number of carboxylic acids is 1. The molecule has 0 unspecified atom stereocenters. The van der Waals surface area contributed by atoms with E-state index in [0.29, 0.717) is 19.3 Å². The number of alkyl carbamates (subject to hydrolysis) is 1. The van der Waals surface area contributed by atoms with Gasteiger partial charge in [-0.2, -0.15) is 0 Å². The lowest BCUT2D eigenvalue weighted by molar-refractivity contribution is -0.137. The van der Waals surface area contributed by atoms with E-state index in [1.165, 1.54) is 0 Å². The van der Waals surface area contributed by atoms with Crippen LogP contribution in [0.3, 0.4) is 0 Å². The molecule has 0 heterocycles. The predicted octanol–water partition coefficient (Wildman–Crippen LogP) is 4.21. The smallest absolute Gasteiger partial charge is 0.408 e. The molecular formula is C26H30N2O5. The van der Waals surface area contributed by atoms with Crippen LogP contribution in [0, 0.1) is 0 Å². The Morgan fingerprint density at radius 3 is 2.15 bits per heavy atom. The third-order valence-corrected chi connectivity index (χ3v) is 6.68. The molecule has 0 radical (unpaired) electrons.